The van der Waals surface area contributed by atoms with E-state index < -0.39 is 0 Å². The van der Waals surface area contributed by atoms with Gasteiger partial charge in [0.15, 0.2) is 11.6 Å². The number of rotatable bonds is 6. The number of nitrogens with one attached hydrogen (secondary N) is 2. The summed E-state index contributed by atoms with van der Waals surface area (Å²) >= 11 is 19.1. The van der Waals surface area contributed by atoms with E-state index in [9.17, 15) is 10.2 Å². The van der Waals surface area contributed by atoms with E-state index in [2.05, 4.69) is 41.4 Å². The maximum Gasteiger partial charge on any atom is 0.176 e. The molecule has 0 saturated heterocycles. The Morgan fingerprint density at radius 2 is 0.891 bits per heavy atom. The lowest BCUT2D eigenvalue weighted by Gasteiger charge is -2.02. The van der Waals surface area contributed by atoms with Crippen LogP contribution in [0, 0.1) is 0 Å². The summed E-state index contributed by atoms with van der Waals surface area (Å²) in [5, 5.41) is 46.9. The van der Waals surface area contributed by atoms with Crippen LogP contribution in [-0.2, 0) is 0 Å². The minimum atomic E-state index is 0.194. The van der Waals surface area contributed by atoms with Gasteiger partial charge in [0.05, 0.1) is 35.5 Å². The Labute approximate surface area is 285 Å². The van der Waals surface area contributed by atoms with Gasteiger partial charge < -0.3 is 10.2 Å². The molecule has 0 spiro atoms. The fourth-order valence-corrected chi connectivity index (χ4v) is 3.68. The first-order chi connectivity index (χ1) is 22.5. The molecule has 6 rings (SSSR count). The number of phenolic OH excluding ortho intramolecular Hbond substituents is 2. The molecule has 4 N–H and O–H groups in total. The molecule has 10 nitrogen and oxygen atoms in total. The minimum Gasteiger partial charge on any atom is -0.508 e. The highest BCUT2D eigenvalue weighted by molar-refractivity contribution is 6.41. The van der Waals surface area contributed by atoms with Crippen molar-refractivity contribution in [2.24, 2.45) is 10.2 Å². The van der Waals surface area contributed by atoms with Crippen LogP contribution in [0.3, 0.4) is 0 Å². The Balaban J connectivity index is 0.000000214. The van der Waals surface area contributed by atoms with Crippen LogP contribution in [0.25, 0.3) is 21.5 Å². The molecule has 46 heavy (non-hydrogen) atoms. The fourth-order valence-electron chi connectivity index (χ4n) is 3.68. The molecule has 14 heteroatoms. The monoisotopic (exact) mass is 696 g/mol. The van der Waals surface area contributed by atoms with Crippen LogP contribution in [0.15, 0.2) is 120 Å². The molecule has 0 aliphatic rings. The lowest BCUT2D eigenvalue weighted by molar-refractivity contribution is 0.475. The number of nitrogens with zero attached hydrogens (tertiary/aromatic N) is 6. The van der Waals surface area contributed by atoms with Crippen LogP contribution in [-0.4, -0.2) is 53.7 Å². The number of hydrazone groups is 2. The number of benzene rings is 4. The van der Waals surface area contributed by atoms with Crippen molar-refractivity contribution in [2.45, 2.75) is 0 Å². The van der Waals surface area contributed by atoms with Gasteiger partial charge in [0.1, 0.15) is 11.5 Å². The normalized spacial score (nSPS) is 10.3. The van der Waals surface area contributed by atoms with Gasteiger partial charge >= 0.3 is 0 Å². The predicted molar refractivity (Wildman–Crippen MR) is 191 cm³/mol. The summed E-state index contributed by atoms with van der Waals surface area (Å²) in [6.45, 7) is 0. The highest BCUT2D eigenvalue weighted by Crippen LogP contribution is 2.20. The topological polar surface area (TPSA) is 141 Å². The largest absolute Gasteiger partial charge is 0.508 e. The van der Waals surface area contributed by atoms with Crippen molar-refractivity contribution in [3.8, 4) is 11.5 Å². The Hall–Kier alpha value is -4.74. The van der Waals surface area contributed by atoms with E-state index in [0.29, 0.717) is 11.6 Å². The van der Waals surface area contributed by atoms with Crippen molar-refractivity contribution in [3.05, 3.63) is 121 Å². The van der Waals surface area contributed by atoms with Crippen LogP contribution >= 0.6 is 46.4 Å². The zero-order chi connectivity index (χ0) is 33.0. The minimum absolute atomic E-state index is 0.194. The number of hydrogen-bond acceptors (Lipinski definition) is 10. The summed E-state index contributed by atoms with van der Waals surface area (Å²) in [4.78, 5) is 0. The van der Waals surface area contributed by atoms with E-state index >= 15 is 0 Å². The maximum atomic E-state index is 9.20. The quantitative estimate of drug-likeness (QED) is 0.0773. The number of halogens is 4. The average molecular weight is 698 g/mol. The molecular weight excluding hydrogens is 670 g/mol. The van der Waals surface area contributed by atoms with E-state index in [0.717, 1.165) is 32.7 Å². The molecule has 0 atom stereocenters. The standard InChI is InChI=1S/2C15H12N4O.2CH2Cl2/c2*20-13-7-5-11(6-8-13)9-16-18-15-14-4-2-1-3-12(14)10-17-19-15;2*2-1-3/h2*1-10,20H,(H,18,19);2*1H2/b2*16-9+;;. The number of fused-ring (bicyclic) bond motifs is 2. The van der Waals surface area contributed by atoms with Gasteiger partial charge in [-0.1, -0.05) is 48.5 Å². The van der Waals surface area contributed by atoms with Crippen molar-refractivity contribution in [1.29, 1.82) is 0 Å². The van der Waals surface area contributed by atoms with E-state index in [1.165, 1.54) is 0 Å². The molecule has 0 unspecified atom stereocenters. The van der Waals surface area contributed by atoms with Crippen LogP contribution in [0.5, 0.6) is 11.5 Å². The highest BCUT2D eigenvalue weighted by Gasteiger charge is 2.02. The second kappa shape index (κ2) is 20.3. The zero-order valence-electron chi connectivity index (χ0n) is 24.1. The molecule has 236 valence electrons. The third kappa shape index (κ3) is 12.0. The van der Waals surface area contributed by atoms with Crippen molar-refractivity contribution >= 4 is 92.0 Å². The molecular formula is C32H28Cl4N8O2. The molecule has 0 fully saturated rings. The van der Waals surface area contributed by atoms with Crippen LogP contribution in [0.4, 0.5) is 11.6 Å². The van der Waals surface area contributed by atoms with E-state index in [4.69, 9.17) is 46.4 Å². The number of phenols is 2. The first-order valence-electron chi connectivity index (χ1n) is 13.3. The number of anilines is 2. The maximum absolute atomic E-state index is 9.20. The van der Waals surface area contributed by atoms with Crippen LogP contribution < -0.4 is 10.9 Å². The van der Waals surface area contributed by atoms with Crippen LogP contribution in [0.1, 0.15) is 11.1 Å². The van der Waals surface area contributed by atoms with Crippen molar-refractivity contribution in [2.75, 3.05) is 21.5 Å². The lowest BCUT2D eigenvalue weighted by atomic mass is 10.2. The molecule has 0 aliphatic heterocycles. The van der Waals surface area contributed by atoms with Gasteiger partial charge in [-0.25, -0.2) is 0 Å². The van der Waals surface area contributed by atoms with Crippen LogP contribution in [0.2, 0.25) is 0 Å². The summed E-state index contributed by atoms with van der Waals surface area (Å²) in [5.74, 6) is 1.68. The van der Waals surface area contributed by atoms with Gasteiger partial charge in [-0.3, -0.25) is 10.9 Å². The Bertz CT molecular complexity index is 1680. The van der Waals surface area contributed by atoms with E-state index in [1.54, 1.807) is 73.4 Å². The number of aromatic hydroxyl groups is 2. The van der Waals surface area contributed by atoms with Gasteiger partial charge in [0.25, 0.3) is 0 Å². The molecule has 2 aromatic heterocycles. The first kappa shape index (κ1) is 35.7. The lowest BCUT2D eigenvalue weighted by Crippen LogP contribution is -1.96. The molecule has 2 heterocycles. The molecule has 0 bridgehead atoms. The molecule has 4 aromatic carbocycles. The fraction of sp³-hybridized carbons (Fsp3) is 0.0625. The van der Waals surface area contributed by atoms with Gasteiger partial charge in [-0.05, 0) is 59.7 Å². The SMILES string of the molecule is ClCCl.ClCCl.Oc1ccc(/C=N/Nc2nncc3ccccc23)cc1.Oc1ccc(/C=N/Nc2nncc3ccccc23)cc1. The first-order valence-corrected chi connectivity index (χ1v) is 15.4. The van der Waals surface area contributed by atoms with E-state index in [-0.39, 0.29) is 22.2 Å². The van der Waals surface area contributed by atoms with Gasteiger partial charge in [0, 0.05) is 21.5 Å². The summed E-state index contributed by atoms with van der Waals surface area (Å²) in [6.07, 6.45) is 6.74. The molecule has 0 saturated carbocycles. The highest BCUT2D eigenvalue weighted by atomic mass is 35.5. The molecule has 0 amide bonds. The summed E-state index contributed by atoms with van der Waals surface area (Å²) in [7, 11) is 0. The Morgan fingerprint density at radius 3 is 1.26 bits per heavy atom. The number of hydrogen-bond donors (Lipinski definition) is 4. The van der Waals surface area contributed by atoms with E-state index in [1.807, 2.05) is 48.5 Å². The third-order valence-corrected chi connectivity index (χ3v) is 5.70. The number of aromatic nitrogens is 4. The summed E-state index contributed by atoms with van der Waals surface area (Å²) in [6, 6.07) is 29.2. The molecule has 0 aliphatic carbocycles. The van der Waals surface area contributed by atoms with Crippen molar-refractivity contribution in [1.82, 2.24) is 20.4 Å². The van der Waals surface area contributed by atoms with Crippen molar-refractivity contribution in [3.63, 3.8) is 0 Å². The summed E-state index contributed by atoms with van der Waals surface area (Å²) in [5.41, 5.74) is 7.52. The summed E-state index contributed by atoms with van der Waals surface area (Å²) < 4.78 is 0. The van der Waals surface area contributed by atoms with Gasteiger partial charge in [-0.15, -0.1) is 56.6 Å². The third-order valence-electron chi connectivity index (χ3n) is 5.70. The Morgan fingerprint density at radius 1 is 0.543 bits per heavy atom. The molecule has 6 aromatic rings. The zero-order valence-corrected chi connectivity index (χ0v) is 27.1. The predicted octanol–water partition coefficient (Wildman–Crippen LogP) is 8.41. The Kier molecular flexibility index (Phi) is 15.8. The second-order valence-corrected chi connectivity index (χ2v) is 10.3. The van der Waals surface area contributed by atoms with Crippen molar-refractivity contribution < 1.29 is 10.2 Å². The average Bonchev–Trinajstić information content (AvgIpc) is 3.08. The smallest absolute Gasteiger partial charge is 0.176 e. The van der Waals surface area contributed by atoms with Gasteiger partial charge in [-0.2, -0.15) is 20.4 Å². The van der Waals surface area contributed by atoms with Gasteiger partial charge in [0.2, 0.25) is 0 Å². The molecule has 0 radical (unpaired) electrons. The second-order valence-electron chi connectivity index (χ2n) is 8.69. The number of alkyl halides is 4.